The zero-order chi connectivity index (χ0) is 10.8. The van der Waals surface area contributed by atoms with E-state index in [0.717, 1.165) is 12.5 Å². The third kappa shape index (κ3) is 2.71. The average Bonchev–Trinajstić information content (AvgIpc) is 2.51. The first kappa shape index (κ1) is 12.0. The number of likely N-dealkylation sites (tertiary alicyclic amines) is 1. The molecule has 1 N–H and O–H groups in total. The van der Waals surface area contributed by atoms with E-state index in [2.05, 4.69) is 44.8 Å². The minimum Gasteiger partial charge on any atom is -0.312 e. The van der Waals surface area contributed by atoms with E-state index in [-0.39, 0.29) is 0 Å². The summed E-state index contributed by atoms with van der Waals surface area (Å²) in [6.45, 7) is 15.1. The minimum atomic E-state index is 0.304. The number of rotatable bonds is 4. The van der Waals surface area contributed by atoms with Crippen molar-refractivity contribution in [2.24, 2.45) is 5.92 Å². The first-order valence-corrected chi connectivity index (χ1v) is 5.96. The van der Waals surface area contributed by atoms with Gasteiger partial charge in [-0.05, 0) is 53.1 Å². The predicted octanol–water partition coefficient (Wildman–Crippen LogP) is 2.10. The Hall–Kier alpha value is -0.0800. The molecule has 1 atom stereocenters. The van der Waals surface area contributed by atoms with Gasteiger partial charge in [-0.25, -0.2) is 0 Å². The van der Waals surface area contributed by atoms with Crippen molar-refractivity contribution < 1.29 is 0 Å². The molecule has 0 aromatic carbocycles. The summed E-state index contributed by atoms with van der Waals surface area (Å²) in [5.41, 5.74) is 0.304. The van der Waals surface area contributed by atoms with Crippen LogP contribution < -0.4 is 5.32 Å². The first-order chi connectivity index (χ1) is 6.47. The molecule has 0 aliphatic carbocycles. The molecule has 0 aromatic heterocycles. The Morgan fingerprint density at radius 1 is 1.43 bits per heavy atom. The zero-order valence-electron chi connectivity index (χ0n) is 10.4. The highest BCUT2D eigenvalue weighted by atomic mass is 15.2. The molecule has 0 aromatic rings. The third-order valence-corrected chi connectivity index (χ3v) is 3.60. The van der Waals surface area contributed by atoms with Gasteiger partial charge in [-0.3, -0.25) is 0 Å². The fourth-order valence-corrected chi connectivity index (χ4v) is 2.45. The van der Waals surface area contributed by atoms with Crippen molar-refractivity contribution in [3.8, 4) is 0 Å². The summed E-state index contributed by atoms with van der Waals surface area (Å²) in [6, 6.07) is 0.706. The Morgan fingerprint density at radius 2 is 2.07 bits per heavy atom. The lowest BCUT2D eigenvalue weighted by atomic mass is 9.87. The van der Waals surface area contributed by atoms with E-state index in [1.165, 1.54) is 19.5 Å². The van der Waals surface area contributed by atoms with Crippen LogP contribution in [0.25, 0.3) is 0 Å². The highest BCUT2D eigenvalue weighted by Crippen LogP contribution is 2.28. The Kier molecular flexibility index (Phi) is 3.96. The van der Waals surface area contributed by atoms with E-state index < -0.39 is 0 Å². The van der Waals surface area contributed by atoms with Gasteiger partial charge >= 0.3 is 0 Å². The number of nitrogens with zero attached hydrogens (tertiary/aromatic N) is 1. The second-order valence-corrected chi connectivity index (χ2v) is 5.33. The van der Waals surface area contributed by atoms with Gasteiger partial charge in [-0.1, -0.05) is 6.92 Å². The summed E-state index contributed by atoms with van der Waals surface area (Å²) >= 11 is 0. The summed E-state index contributed by atoms with van der Waals surface area (Å²) in [5, 5.41) is 3.60. The number of hydrogen-bond donors (Lipinski definition) is 1. The molecule has 0 bridgehead atoms. The molecule has 1 saturated heterocycles. The summed E-state index contributed by atoms with van der Waals surface area (Å²) < 4.78 is 0. The Balaban J connectivity index is 2.48. The standard InChI is InChI=1S/C12H26N2/c1-6-13-12(4,5)11-7-8-14(9-11)10(2)3/h10-11,13H,6-9H2,1-5H3. The molecule has 1 heterocycles. The fraction of sp³-hybridized carbons (Fsp3) is 1.00. The molecule has 14 heavy (non-hydrogen) atoms. The maximum absolute atomic E-state index is 3.60. The highest BCUT2D eigenvalue weighted by Gasteiger charge is 2.34. The molecule has 0 radical (unpaired) electrons. The van der Waals surface area contributed by atoms with Crippen LogP contribution in [-0.2, 0) is 0 Å². The molecule has 1 fully saturated rings. The summed E-state index contributed by atoms with van der Waals surface area (Å²) in [7, 11) is 0. The van der Waals surface area contributed by atoms with Crippen LogP contribution in [0.15, 0.2) is 0 Å². The van der Waals surface area contributed by atoms with Gasteiger partial charge in [0.05, 0.1) is 0 Å². The second kappa shape index (κ2) is 4.63. The molecule has 0 saturated carbocycles. The van der Waals surface area contributed by atoms with Crippen molar-refractivity contribution in [1.82, 2.24) is 10.2 Å². The smallest absolute Gasteiger partial charge is 0.0165 e. The van der Waals surface area contributed by atoms with Crippen LogP contribution in [0.2, 0.25) is 0 Å². The van der Waals surface area contributed by atoms with Gasteiger partial charge < -0.3 is 10.2 Å². The van der Waals surface area contributed by atoms with Crippen molar-refractivity contribution in [3.63, 3.8) is 0 Å². The van der Waals surface area contributed by atoms with E-state index in [1.807, 2.05) is 0 Å². The van der Waals surface area contributed by atoms with Crippen LogP contribution in [-0.4, -0.2) is 36.1 Å². The maximum atomic E-state index is 3.60. The van der Waals surface area contributed by atoms with Crippen LogP contribution in [0.3, 0.4) is 0 Å². The molecule has 1 aliphatic rings. The van der Waals surface area contributed by atoms with Crippen LogP contribution in [0.1, 0.15) is 41.0 Å². The largest absolute Gasteiger partial charge is 0.312 e. The maximum Gasteiger partial charge on any atom is 0.0165 e. The van der Waals surface area contributed by atoms with Crippen molar-refractivity contribution in [2.45, 2.75) is 52.6 Å². The van der Waals surface area contributed by atoms with Crippen LogP contribution >= 0.6 is 0 Å². The second-order valence-electron chi connectivity index (χ2n) is 5.33. The van der Waals surface area contributed by atoms with E-state index in [0.29, 0.717) is 11.6 Å². The van der Waals surface area contributed by atoms with E-state index in [1.54, 1.807) is 0 Å². The highest BCUT2D eigenvalue weighted by molar-refractivity contribution is 4.92. The van der Waals surface area contributed by atoms with Crippen molar-refractivity contribution in [3.05, 3.63) is 0 Å². The molecule has 2 heteroatoms. The van der Waals surface area contributed by atoms with E-state index in [4.69, 9.17) is 0 Å². The molecular weight excluding hydrogens is 172 g/mol. The van der Waals surface area contributed by atoms with Crippen molar-refractivity contribution >= 4 is 0 Å². The van der Waals surface area contributed by atoms with Crippen molar-refractivity contribution in [1.29, 1.82) is 0 Å². The first-order valence-electron chi connectivity index (χ1n) is 5.96. The molecule has 2 nitrogen and oxygen atoms in total. The molecule has 84 valence electrons. The SMILES string of the molecule is CCNC(C)(C)C1CCN(C(C)C)C1. The lowest BCUT2D eigenvalue weighted by Gasteiger charge is -2.33. The van der Waals surface area contributed by atoms with Gasteiger partial charge in [0.25, 0.3) is 0 Å². The monoisotopic (exact) mass is 198 g/mol. The van der Waals surface area contributed by atoms with Crippen LogP contribution in [0, 0.1) is 5.92 Å². The molecule has 0 spiro atoms. The number of hydrogen-bond acceptors (Lipinski definition) is 2. The normalized spacial score (nSPS) is 24.9. The van der Waals surface area contributed by atoms with Gasteiger partial charge in [-0.15, -0.1) is 0 Å². The topological polar surface area (TPSA) is 15.3 Å². The minimum absolute atomic E-state index is 0.304. The summed E-state index contributed by atoms with van der Waals surface area (Å²) in [5.74, 6) is 0.810. The average molecular weight is 198 g/mol. The van der Waals surface area contributed by atoms with Gasteiger partial charge in [0.2, 0.25) is 0 Å². The number of nitrogens with one attached hydrogen (secondary N) is 1. The Bertz CT molecular complexity index is 175. The van der Waals surface area contributed by atoms with E-state index >= 15 is 0 Å². The van der Waals surface area contributed by atoms with Gasteiger partial charge in [-0.2, -0.15) is 0 Å². The lowest BCUT2D eigenvalue weighted by Crippen LogP contribution is -2.47. The Labute approximate surface area is 89.1 Å². The molecular formula is C12H26N2. The van der Waals surface area contributed by atoms with Gasteiger partial charge in [0.1, 0.15) is 0 Å². The molecule has 0 amide bonds. The van der Waals surface area contributed by atoms with Gasteiger partial charge in [0, 0.05) is 18.1 Å². The fourth-order valence-electron chi connectivity index (χ4n) is 2.45. The molecule has 1 unspecified atom stereocenters. The zero-order valence-corrected chi connectivity index (χ0v) is 10.4. The predicted molar refractivity (Wildman–Crippen MR) is 62.6 cm³/mol. The lowest BCUT2D eigenvalue weighted by molar-refractivity contribution is 0.220. The van der Waals surface area contributed by atoms with Crippen LogP contribution in [0.5, 0.6) is 0 Å². The van der Waals surface area contributed by atoms with Crippen molar-refractivity contribution in [2.75, 3.05) is 19.6 Å². The quantitative estimate of drug-likeness (QED) is 0.744. The molecule has 1 aliphatic heterocycles. The summed E-state index contributed by atoms with van der Waals surface area (Å²) in [6.07, 6.45) is 1.35. The van der Waals surface area contributed by atoms with E-state index in [9.17, 15) is 0 Å². The Morgan fingerprint density at radius 3 is 2.50 bits per heavy atom. The third-order valence-electron chi connectivity index (χ3n) is 3.60. The van der Waals surface area contributed by atoms with Crippen LogP contribution in [0.4, 0.5) is 0 Å². The molecule has 1 rings (SSSR count). The summed E-state index contributed by atoms with van der Waals surface area (Å²) in [4.78, 5) is 2.59. The van der Waals surface area contributed by atoms with Gasteiger partial charge in [0.15, 0.2) is 0 Å².